The van der Waals surface area contributed by atoms with Gasteiger partial charge in [0.15, 0.2) is 0 Å². The second kappa shape index (κ2) is 9.86. The van der Waals surface area contributed by atoms with E-state index in [1.165, 1.54) is 17.4 Å². The van der Waals surface area contributed by atoms with Gasteiger partial charge in [-0.1, -0.05) is 20.4 Å². The van der Waals surface area contributed by atoms with Crippen molar-refractivity contribution in [1.29, 1.82) is 0 Å². The van der Waals surface area contributed by atoms with E-state index in [4.69, 9.17) is 9.73 Å². The molecule has 1 atom stereocenters. The summed E-state index contributed by atoms with van der Waals surface area (Å²) in [6.45, 7) is 10.9. The molecule has 2 heterocycles. The number of aromatic nitrogens is 1. The molecule has 5 heteroatoms. The molecule has 1 N–H and O–H groups in total. The van der Waals surface area contributed by atoms with Crippen molar-refractivity contribution in [3.8, 4) is 0 Å². The topological polar surface area (TPSA) is 66.8 Å². The first kappa shape index (κ1) is 20.6. The average molecular weight is 367 g/mol. The molecule has 27 heavy (non-hydrogen) atoms. The maximum Gasteiger partial charge on any atom is 0.248 e. The molecule has 1 aromatic heterocycles. The lowest BCUT2D eigenvalue weighted by Crippen LogP contribution is -2.08. The van der Waals surface area contributed by atoms with Gasteiger partial charge < -0.3 is 9.72 Å². The lowest BCUT2D eigenvalue weighted by atomic mass is 9.97. The Kier molecular flexibility index (Phi) is 7.53. The van der Waals surface area contributed by atoms with Crippen LogP contribution in [0.1, 0.15) is 45.6 Å². The van der Waals surface area contributed by atoms with E-state index in [1.54, 1.807) is 25.4 Å². The second-order valence-electron chi connectivity index (χ2n) is 6.72. The fourth-order valence-electron chi connectivity index (χ4n) is 3.05. The monoisotopic (exact) mass is 367 g/mol. The van der Waals surface area contributed by atoms with Crippen LogP contribution in [0.15, 0.2) is 68.9 Å². The van der Waals surface area contributed by atoms with Crippen LogP contribution in [0.25, 0.3) is 0 Å². The van der Waals surface area contributed by atoms with E-state index < -0.39 is 0 Å². The molecule has 144 valence electrons. The summed E-state index contributed by atoms with van der Waals surface area (Å²) < 4.78 is 5.83. The maximum atomic E-state index is 11.5. The Balaban J connectivity index is 2.00. The molecule has 0 saturated heterocycles. The minimum Gasteiger partial charge on any atom is -0.490 e. The van der Waals surface area contributed by atoms with Crippen LogP contribution >= 0.6 is 0 Å². The number of hydrogen-bond acceptors (Lipinski definition) is 4. The molecule has 2 rings (SSSR count). The van der Waals surface area contributed by atoms with Crippen LogP contribution in [0.5, 0.6) is 0 Å². The SMILES string of the molecule is C=C(/C=C\C(=NC)c1cc[nH]c(=O)c1)OCC1=C(C)N=C(CC)C(C)CC1. The zero-order valence-electron chi connectivity index (χ0n) is 16.7. The van der Waals surface area contributed by atoms with Gasteiger partial charge in [0.25, 0.3) is 0 Å². The zero-order valence-corrected chi connectivity index (χ0v) is 16.7. The van der Waals surface area contributed by atoms with Crippen LogP contribution in [-0.2, 0) is 4.74 Å². The van der Waals surface area contributed by atoms with Crippen LogP contribution in [-0.4, -0.2) is 30.1 Å². The molecule has 1 aliphatic rings. The Morgan fingerprint density at radius 2 is 2.26 bits per heavy atom. The Morgan fingerprint density at radius 1 is 1.48 bits per heavy atom. The predicted octanol–water partition coefficient (Wildman–Crippen LogP) is 4.44. The number of ether oxygens (including phenoxy) is 1. The molecule has 0 saturated carbocycles. The number of nitrogens with zero attached hydrogens (tertiary/aromatic N) is 2. The number of H-pyrrole nitrogens is 1. The van der Waals surface area contributed by atoms with E-state index in [9.17, 15) is 4.79 Å². The fraction of sp³-hybridized carbons (Fsp3) is 0.409. The highest BCUT2D eigenvalue weighted by molar-refractivity contribution is 6.08. The van der Waals surface area contributed by atoms with Crippen molar-refractivity contribution in [3.63, 3.8) is 0 Å². The van der Waals surface area contributed by atoms with Gasteiger partial charge in [-0.05, 0) is 55.9 Å². The first-order valence-corrected chi connectivity index (χ1v) is 9.36. The molecule has 0 aromatic carbocycles. The molecular weight excluding hydrogens is 338 g/mol. The average Bonchev–Trinajstić information content (AvgIpc) is 2.79. The van der Waals surface area contributed by atoms with E-state index in [0.717, 1.165) is 30.5 Å². The van der Waals surface area contributed by atoms with Gasteiger partial charge >= 0.3 is 0 Å². The lowest BCUT2D eigenvalue weighted by molar-refractivity contribution is 0.250. The number of allylic oxidation sites excluding steroid dienone is 3. The van der Waals surface area contributed by atoms with Crippen molar-refractivity contribution in [2.24, 2.45) is 15.9 Å². The standard InChI is InChI=1S/C22H29N3O2/c1-6-20-15(2)7-9-19(17(4)25-20)14-27-16(3)8-10-21(23-5)18-11-12-24-22(26)13-18/h8,10-13,15H,3,6-7,9,14H2,1-2,4-5H3,(H,24,26)/b10-8-,23-21?. The van der Waals surface area contributed by atoms with Gasteiger partial charge in [0.05, 0.1) is 5.71 Å². The van der Waals surface area contributed by atoms with Crippen LogP contribution in [0.2, 0.25) is 0 Å². The smallest absolute Gasteiger partial charge is 0.248 e. The summed E-state index contributed by atoms with van der Waals surface area (Å²) in [4.78, 5) is 23.1. The minimum absolute atomic E-state index is 0.158. The molecule has 1 aromatic rings. The van der Waals surface area contributed by atoms with Gasteiger partial charge in [-0.3, -0.25) is 14.8 Å². The quantitative estimate of drug-likeness (QED) is 0.440. The fourth-order valence-corrected chi connectivity index (χ4v) is 3.05. The molecular formula is C22H29N3O2. The molecule has 0 fully saturated rings. The molecule has 0 aliphatic carbocycles. The van der Waals surface area contributed by atoms with Gasteiger partial charge in [0.2, 0.25) is 5.56 Å². The van der Waals surface area contributed by atoms with Crippen molar-refractivity contribution < 1.29 is 4.74 Å². The number of nitrogens with one attached hydrogen (secondary N) is 1. The van der Waals surface area contributed by atoms with Gasteiger partial charge in [-0.2, -0.15) is 0 Å². The Hall–Kier alpha value is -2.69. The third kappa shape index (κ3) is 5.91. The van der Waals surface area contributed by atoms with E-state index in [-0.39, 0.29) is 5.56 Å². The largest absolute Gasteiger partial charge is 0.490 e. The van der Waals surface area contributed by atoms with Gasteiger partial charge in [-0.25, -0.2) is 0 Å². The summed E-state index contributed by atoms with van der Waals surface area (Å²) in [5.41, 5.74) is 4.84. The normalized spacial score (nSPS) is 18.4. The summed E-state index contributed by atoms with van der Waals surface area (Å²) in [6, 6.07) is 3.32. The predicted molar refractivity (Wildman–Crippen MR) is 113 cm³/mol. The van der Waals surface area contributed by atoms with Crippen LogP contribution in [0.4, 0.5) is 0 Å². The summed E-state index contributed by atoms with van der Waals surface area (Å²) in [5.74, 6) is 1.07. The molecule has 1 aliphatic heterocycles. The van der Waals surface area contributed by atoms with Crippen LogP contribution < -0.4 is 5.56 Å². The summed E-state index contributed by atoms with van der Waals surface area (Å²) in [7, 11) is 1.69. The summed E-state index contributed by atoms with van der Waals surface area (Å²) in [6.07, 6.45) is 8.27. The maximum absolute atomic E-state index is 11.5. The van der Waals surface area contributed by atoms with E-state index >= 15 is 0 Å². The van der Waals surface area contributed by atoms with Crippen LogP contribution in [0.3, 0.4) is 0 Å². The first-order chi connectivity index (χ1) is 12.9. The highest BCUT2D eigenvalue weighted by Crippen LogP contribution is 2.24. The van der Waals surface area contributed by atoms with Crippen LogP contribution in [0, 0.1) is 5.92 Å². The highest BCUT2D eigenvalue weighted by Gasteiger charge is 2.16. The molecule has 1 unspecified atom stereocenters. The Bertz CT molecular complexity index is 856. The van der Waals surface area contributed by atoms with Crippen molar-refractivity contribution >= 4 is 11.4 Å². The molecule has 0 bridgehead atoms. The van der Waals surface area contributed by atoms with E-state index in [0.29, 0.717) is 24.0 Å². The summed E-state index contributed by atoms with van der Waals surface area (Å²) >= 11 is 0. The van der Waals surface area contributed by atoms with Crippen molar-refractivity contribution in [2.45, 2.75) is 40.0 Å². The third-order valence-corrected chi connectivity index (χ3v) is 4.80. The highest BCUT2D eigenvalue weighted by atomic mass is 16.5. The number of hydrogen-bond donors (Lipinski definition) is 1. The van der Waals surface area contributed by atoms with Gasteiger partial charge in [0.1, 0.15) is 12.4 Å². The number of pyridine rings is 1. The van der Waals surface area contributed by atoms with E-state index in [2.05, 4.69) is 37.3 Å². The van der Waals surface area contributed by atoms with Gasteiger partial charge in [-0.15, -0.1) is 0 Å². The van der Waals surface area contributed by atoms with Crippen molar-refractivity contribution in [2.75, 3.05) is 13.7 Å². The number of rotatable bonds is 7. The molecule has 0 amide bonds. The Morgan fingerprint density at radius 3 is 2.93 bits per heavy atom. The van der Waals surface area contributed by atoms with Crippen molar-refractivity contribution in [1.82, 2.24) is 4.98 Å². The van der Waals surface area contributed by atoms with E-state index in [1.807, 2.05) is 6.07 Å². The molecule has 5 nitrogen and oxygen atoms in total. The third-order valence-electron chi connectivity index (χ3n) is 4.80. The molecule has 0 spiro atoms. The molecule has 0 radical (unpaired) electrons. The minimum atomic E-state index is -0.158. The summed E-state index contributed by atoms with van der Waals surface area (Å²) in [5, 5.41) is 0. The zero-order chi connectivity index (χ0) is 19.8. The van der Waals surface area contributed by atoms with Crippen molar-refractivity contribution in [3.05, 3.63) is 70.0 Å². The number of aromatic amines is 1. The van der Waals surface area contributed by atoms with Gasteiger partial charge in [0, 0.05) is 36.3 Å². The Labute approximate surface area is 161 Å². The first-order valence-electron chi connectivity index (χ1n) is 9.36. The lowest BCUT2D eigenvalue weighted by Gasteiger charge is -2.11. The number of aliphatic imine (C=N–C) groups is 2. The second-order valence-corrected chi connectivity index (χ2v) is 6.72.